The molecule has 1 heterocycles. The molecule has 0 bridgehead atoms. The van der Waals surface area contributed by atoms with Crippen LogP contribution in [0.25, 0.3) is 0 Å². The molecule has 3 rings (SSSR count). The Labute approximate surface area is 195 Å². The summed E-state index contributed by atoms with van der Waals surface area (Å²) in [6.45, 7) is 0.575. The van der Waals surface area contributed by atoms with Crippen molar-refractivity contribution in [1.82, 2.24) is 10.3 Å². The van der Waals surface area contributed by atoms with Crippen molar-refractivity contribution >= 4 is 17.8 Å². The van der Waals surface area contributed by atoms with Crippen LogP contribution in [0.3, 0.4) is 0 Å². The van der Waals surface area contributed by atoms with Gasteiger partial charge in [0, 0.05) is 23.9 Å². The summed E-state index contributed by atoms with van der Waals surface area (Å²) >= 11 is 0. The lowest BCUT2D eigenvalue weighted by molar-refractivity contribution is -0.192. The molecule has 2 aliphatic carbocycles. The summed E-state index contributed by atoms with van der Waals surface area (Å²) in [4.78, 5) is 38.2. The minimum atomic E-state index is -5.08. The van der Waals surface area contributed by atoms with E-state index in [-0.39, 0.29) is 11.3 Å². The van der Waals surface area contributed by atoms with Crippen LogP contribution in [0, 0.1) is 5.92 Å². The van der Waals surface area contributed by atoms with Crippen molar-refractivity contribution in [3.8, 4) is 0 Å². The molecule has 1 aromatic heterocycles. The Morgan fingerprint density at radius 1 is 1.29 bits per heavy atom. The minimum absolute atomic E-state index is 0.0297. The van der Waals surface area contributed by atoms with Crippen LogP contribution in [0.2, 0.25) is 0 Å². The smallest absolute Gasteiger partial charge is 0.475 e. The Balaban J connectivity index is 0.000000509. The molecule has 1 amide bonds. The number of ether oxygens (including phenoxy) is 1. The standard InChI is InChI=1S/C21H29N3O3.C2HF3O2/c1-27-20(26)17(12-15-6-3-2-4-7-15)24-19(25)16-8-9-18(23-13-16)21(14-22)10-5-11-21;3-2(4,5)1(6)7/h2-3,8-9,13,15,17H,4-7,10-12,14,22H2,1H3,(H,24,25);(H,6,7). The number of carboxylic acid groups (broad SMARTS) is 1. The fourth-order valence-corrected chi connectivity index (χ4v) is 4.01. The lowest BCUT2D eigenvalue weighted by atomic mass is 9.66. The number of hydrogen-bond acceptors (Lipinski definition) is 6. The van der Waals surface area contributed by atoms with E-state index >= 15 is 0 Å². The van der Waals surface area contributed by atoms with E-state index in [4.69, 9.17) is 20.4 Å². The number of carbonyl (C=O) groups is 3. The molecular formula is C23H30F3N3O5. The second-order valence-corrected chi connectivity index (χ2v) is 8.51. The monoisotopic (exact) mass is 485 g/mol. The van der Waals surface area contributed by atoms with Gasteiger partial charge in [0.15, 0.2) is 0 Å². The first-order chi connectivity index (χ1) is 16.0. The largest absolute Gasteiger partial charge is 0.490 e. The fraction of sp³-hybridized carbons (Fsp3) is 0.565. The van der Waals surface area contributed by atoms with Crippen molar-refractivity contribution in [2.24, 2.45) is 11.7 Å². The van der Waals surface area contributed by atoms with E-state index in [1.807, 2.05) is 6.07 Å². The first-order valence-electron chi connectivity index (χ1n) is 11.0. The Hall–Kier alpha value is -2.95. The van der Waals surface area contributed by atoms with E-state index in [1.165, 1.54) is 7.11 Å². The maximum Gasteiger partial charge on any atom is 0.490 e. The summed E-state index contributed by atoms with van der Waals surface area (Å²) in [7, 11) is 1.35. The van der Waals surface area contributed by atoms with Crippen LogP contribution in [0.15, 0.2) is 30.5 Å². The number of allylic oxidation sites excluding steroid dienone is 2. The van der Waals surface area contributed by atoms with E-state index < -0.39 is 24.2 Å². The molecule has 2 unspecified atom stereocenters. The molecule has 4 N–H and O–H groups in total. The van der Waals surface area contributed by atoms with Crippen LogP contribution < -0.4 is 11.1 Å². The Bertz CT molecular complexity index is 877. The van der Waals surface area contributed by atoms with E-state index in [0.717, 1.165) is 44.2 Å². The zero-order chi connectivity index (χ0) is 25.4. The average Bonchev–Trinajstić information content (AvgIpc) is 2.78. The molecule has 2 aliphatic rings. The number of nitrogens with one attached hydrogen (secondary N) is 1. The highest BCUT2D eigenvalue weighted by atomic mass is 19.4. The number of aliphatic carboxylic acids is 1. The van der Waals surface area contributed by atoms with Gasteiger partial charge in [-0.25, -0.2) is 9.59 Å². The first-order valence-corrected chi connectivity index (χ1v) is 11.0. The van der Waals surface area contributed by atoms with Crippen molar-refractivity contribution in [1.29, 1.82) is 0 Å². The van der Waals surface area contributed by atoms with Gasteiger partial charge in [-0.15, -0.1) is 0 Å². The summed E-state index contributed by atoms with van der Waals surface area (Å²) in [6.07, 6.45) is 7.61. The third-order valence-electron chi connectivity index (χ3n) is 6.25. The van der Waals surface area contributed by atoms with Crippen LogP contribution in [0.1, 0.15) is 61.0 Å². The zero-order valence-electron chi connectivity index (χ0n) is 18.9. The number of aromatic nitrogens is 1. The van der Waals surface area contributed by atoms with E-state index in [2.05, 4.69) is 22.5 Å². The van der Waals surface area contributed by atoms with Gasteiger partial charge >= 0.3 is 18.1 Å². The van der Waals surface area contributed by atoms with Gasteiger partial charge in [-0.05, 0) is 56.6 Å². The Morgan fingerprint density at radius 2 is 1.97 bits per heavy atom. The first kappa shape index (κ1) is 27.3. The second kappa shape index (κ2) is 12.0. The third-order valence-corrected chi connectivity index (χ3v) is 6.25. The van der Waals surface area contributed by atoms with E-state index in [1.54, 1.807) is 12.3 Å². The van der Waals surface area contributed by atoms with Crippen molar-refractivity contribution in [2.75, 3.05) is 13.7 Å². The van der Waals surface area contributed by atoms with Crippen LogP contribution in [0.4, 0.5) is 13.2 Å². The van der Waals surface area contributed by atoms with Crippen LogP contribution in [0.5, 0.6) is 0 Å². The van der Waals surface area contributed by atoms with Crippen LogP contribution in [-0.2, 0) is 19.7 Å². The van der Waals surface area contributed by atoms with Gasteiger partial charge < -0.3 is 20.9 Å². The summed E-state index contributed by atoms with van der Waals surface area (Å²) in [5.74, 6) is -3.08. The number of pyridine rings is 1. The highest BCUT2D eigenvalue weighted by Crippen LogP contribution is 2.41. The molecule has 34 heavy (non-hydrogen) atoms. The maximum atomic E-state index is 12.6. The van der Waals surface area contributed by atoms with Gasteiger partial charge in [-0.1, -0.05) is 18.6 Å². The van der Waals surface area contributed by atoms with Crippen molar-refractivity contribution in [3.05, 3.63) is 41.7 Å². The van der Waals surface area contributed by atoms with Gasteiger partial charge in [-0.2, -0.15) is 13.2 Å². The highest BCUT2D eigenvalue weighted by molar-refractivity contribution is 5.96. The molecular weight excluding hydrogens is 455 g/mol. The number of rotatable bonds is 7. The van der Waals surface area contributed by atoms with Gasteiger partial charge in [0.1, 0.15) is 6.04 Å². The number of nitrogens with two attached hydrogens (primary N) is 1. The molecule has 0 aliphatic heterocycles. The molecule has 1 saturated carbocycles. The van der Waals surface area contributed by atoms with E-state index in [0.29, 0.717) is 24.4 Å². The number of hydrogen-bond donors (Lipinski definition) is 3. The number of alkyl halides is 3. The molecule has 0 saturated heterocycles. The molecule has 0 spiro atoms. The Kier molecular flexibility index (Phi) is 9.60. The molecule has 0 radical (unpaired) electrons. The molecule has 2 atom stereocenters. The number of amides is 1. The van der Waals surface area contributed by atoms with Gasteiger partial charge in [0.05, 0.1) is 12.7 Å². The highest BCUT2D eigenvalue weighted by Gasteiger charge is 2.39. The molecule has 188 valence electrons. The molecule has 11 heteroatoms. The number of nitrogens with zero attached hydrogens (tertiary/aromatic N) is 1. The van der Waals surface area contributed by atoms with E-state index in [9.17, 15) is 22.8 Å². The SMILES string of the molecule is COC(=O)C(CC1CC=CCC1)NC(=O)c1ccc(C2(CN)CCC2)nc1.O=C(O)C(F)(F)F. The average molecular weight is 486 g/mol. The molecule has 1 fully saturated rings. The zero-order valence-corrected chi connectivity index (χ0v) is 18.9. The Morgan fingerprint density at radius 3 is 2.38 bits per heavy atom. The fourth-order valence-electron chi connectivity index (χ4n) is 4.01. The quantitative estimate of drug-likeness (QED) is 0.399. The summed E-state index contributed by atoms with van der Waals surface area (Å²) in [5.41, 5.74) is 7.29. The lowest BCUT2D eigenvalue weighted by Gasteiger charge is -2.40. The minimum Gasteiger partial charge on any atom is -0.475 e. The number of methoxy groups -OCH3 is 1. The normalized spacial score (nSPS) is 19.6. The molecule has 1 aromatic rings. The van der Waals surface area contributed by atoms with Crippen molar-refractivity contribution in [2.45, 2.75) is 62.6 Å². The predicted octanol–water partition coefficient (Wildman–Crippen LogP) is 3.11. The number of esters is 1. The summed E-state index contributed by atoms with van der Waals surface area (Å²) in [5, 5.41) is 9.95. The van der Waals surface area contributed by atoms with Crippen LogP contribution >= 0.6 is 0 Å². The van der Waals surface area contributed by atoms with Crippen LogP contribution in [-0.4, -0.2) is 53.8 Å². The summed E-state index contributed by atoms with van der Waals surface area (Å²) in [6, 6.07) is 3.02. The topological polar surface area (TPSA) is 132 Å². The molecule has 8 nitrogen and oxygen atoms in total. The van der Waals surface area contributed by atoms with Crippen molar-refractivity contribution < 1.29 is 37.4 Å². The van der Waals surface area contributed by atoms with Gasteiger partial charge in [0.25, 0.3) is 5.91 Å². The number of carbonyl (C=O) groups excluding carboxylic acids is 2. The van der Waals surface area contributed by atoms with Gasteiger partial charge in [0.2, 0.25) is 0 Å². The van der Waals surface area contributed by atoms with Crippen molar-refractivity contribution in [3.63, 3.8) is 0 Å². The second-order valence-electron chi connectivity index (χ2n) is 8.51. The van der Waals surface area contributed by atoms with Gasteiger partial charge in [-0.3, -0.25) is 9.78 Å². The third kappa shape index (κ3) is 7.28. The lowest BCUT2D eigenvalue weighted by Crippen LogP contribution is -2.43. The predicted molar refractivity (Wildman–Crippen MR) is 117 cm³/mol. The number of halogens is 3. The number of carboxylic acids is 1. The maximum absolute atomic E-state index is 12.6. The molecule has 0 aromatic carbocycles. The summed E-state index contributed by atoms with van der Waals surface area (Å²) < 4.78 is 36.6.